The average molecular weight is 349 g/mol. The Kier molecular flexibility index (Phi) is 6.14. The Morgan fingerprint density at radius 3 is 2.67 bits per heavy atom. The van der Waals surface area contributed by atoms with Gasteiger partial charge in [-0.25, -0.2) is 4.79 Å². The molecule has 7 heteroatoms. The van der Waals surface area contributed by atoms with E-state index in [2.05, 4.69) is 42.6 Å². The van der Waals surface area contributed by atoms with Crippen molar-refractivity contribution in [1.29, 1.82) is 0 Å². The first-order valence-corrected chi connectivity index (χ1v) is 8.57. The van der Waals surface area contributed by atoms with Crippen LogP contribution < -0.4 is 10.5 Å². The number of carbonyl (C=O) groups excluding carboxylic acids is 1. The molecule has 6 nitrogen and oxygen atoms in total. The van der Waals surface area contributed by atoms with Gasteiger partial charge in [-0.3, -0.25) is 4.57 Å². The molecule has 1 aromatic heterocycles. The Labute approximate surface area is 146 Å². The predicted octanol–water partition coefficient (Wildman–Crippen LogP) is 3.48. The molecule has 1 aromatic carbocycles. The largest absolute Gasteiger partial charge is 0.461 e. The lowest BCUT2D eigenvalue weighted by Gasteiger charge is -2.10. The van der Waals surface area contributed by atoms with Gasteiger partial charge in [0, 0.05) is 11.9 Å². The number of nitrogens with two attached hydrogens (primary N) is 1. The summed E-state index contributed by atoms with van der Waals surface area (Å²) in [5.74, 6) is 0.266. The minimum atomic E-state index is -0.808. The van der Waals surface area contributed by atoms with Crippen molar-refractivity contribution >= 4 is 17.9 Å². The molecule has 0 saturated carbocycles. The van der Waals surface area contributed by atoms with Crippen LogP contribution in [-0.4, -0.2) is 28.9 Å². The van der Waals surface area contributed by atoms with Gasteiger partial charge in [-0.2, -0.15) is 4.98 Å². The lowest BCUT2D eigenvalue weighted by atomic mass is 10.2. The second kappa shape index (κ2) is 8.10. The monoisotopic (exact) mass is 349 g/mol. The molecule has 24 heavy (non-hydrogen) atoms. The summed E-state index contributed by atoms with van der Waals surface area (Å²) >= 11 is 1.68. The smallest absolute Gasteiger partial charge is 0.404 e. The summed E-state index contributed by atoms with van der Waals surface area (Å²) in [7, 11) is 1.92. The summed E-state index contributed by atoms with van der Waals surface area (Å²) in [6.07, 6.45) is -0.808. The molecule has 0 fully saturated rings. The second-order valence-corrected chi connectivity index (χ2v) is 6.71. The topological polar surface area (TPSA) is 79.4 Å². The van der Waals surface area contributed by atoms with Gasteiger partial charge in [-0.1, -0.05) is 43.8 Å². The number of hydrogen-bond acceptors (Lipinski definition) is 5. The van der Waals surface area contributed by atoms with E-state index in [1.165, 1.54) is 10.5 Å². The zero-order valence-corrected chi connectivity index (χ0v) is 15.2. The molecule has 0 unspecified atom stereocenters. The summed E-state index contributed by atoms with van der Waals surface area (Å²) in [5.41, 5.74) is 7.13. The van der Waals surface area contributed by atoms with Crippen LogP contribution in [0.1, 0.15) is 31.0 Å². The maximum Gasteiger partial charge on any atom is 0.404 e. The fourth-order valence-electron chi connectivity index (χ4n) is 2.16. The molecule has 0 aliphatic rings. The van der Waals surface area contributed by atoms with Crippen molar-refractivity contribution < 1.29 is 14.3 Å². The molecular formula is C17H23N3O3S. The lowest BCUT2D eigenvalue weighted by molar-refractivity contribution is 0.129. The minimum Gasteiger partial charge on any atom is -0.461 e. The van der Waals surface area contributed by atoms with Gasteiger partial charge in [0.15, 0.2) is 0 Å². The fraction of sp³-hybridized carbons (Fsp3) is 0.412. The molecule has 0 atom stereocenters. The Morgan fingerprint density at radius 1 is 1.33 bits per heavy atom. The average Bonchev–Trinajstić information content (AvgIpc) is 2.83. The first-order chi connectivity index (χ1) is 11.4. The molecule has 0 radical (unpaired) electrons. The number of benzene rings is 1. The van der Waals surface area contributed by atoms with Gasteiger partial charge >= 0.3 is 6.09 Å². The summed E-state index contributed by atoms with van der Waals surface area (Å²) in [6.45, 7) is 6.60. The highest BCUT2D eigenvalue weighted by Crippen LogP contribution is 2.37. The van der Waals surface area contributed by atoms with Gasteiger partial charge in [0.05, 0.1) is 5.69 Å². The third-order valence-corrected chi connectivity index (χ3v) is 4.79. The number of hydrogen-bond donors (Lipinski definition) is 1. The Hall–Kier alpha value is -2.15. The third kappa shape index (κ3) is 4.44. The third-order valence-electron chi connectivity index (χ3n) is 3.43. The summed E-state index contributed by atoms with van der Waals surface area (Å²) in [5, 5.41) is 1.05. The van der Waals surface area contributed by atoms with E-state index in [4.69, 9.17) is 10.5 Å². The molecule has 0 aliphatic heterocycles. The van der Waals surface area contributed by atoms with Crippen LogP contribution in [0.2, 0.25) is 0 Å². The van der Waals surface area contributed by atoms with Crippen molar-refractivity contribution in [1.82, 2.24) is 9.55 Å². The standard InChI is InChI=1S/C17H23N3O3S/c1-11(2)14-15(24-13-8-6-5-7-12(13)3)20(4)17(19-14)23-10-9-22-16(18)21/h5-8,11H,9-10H2,1-4H3,(H2,18,21). The normalized spacial score (nSPS) is 10.9. The van der Waals surface area contributed by atoms with Crippen LogP contribution in [0.4, 0.5) is 4.79 Å². The molecule has 0 spiro atoms. The van der Waals surface area contributed by atoms with E-state index >= 15 is 0 Å². The van der Waals surface area contributed by atoms with Gasteiger partial charge in [-0.15, -0.1) is 0 Å². The molecule has 0 aliphatic carbocycles. The molecule has 1 heterocycles. The van der Waals surface area contributed by atoms with E-state index in [1.807, 2.05) is 23.7 Å². The van der Waals surface area contributed by atoms with E-state index in [0.29, 0.717) is 6.01 Å². The number of imidazole rings is 1. The van der Waals surface area contributed by atoms with Crippen molar-refractivity contribution in [3.8, 4) is 6.01 Å². The quantitative estimate of drug-likeness (QED) is 0.774. The number of aryl methyl sites for hydroxylation is 1. The molecule has 2 N–H and O–H groups in total. The number of nitrogens with zero attached hydrogens (tertiary/aromatic N) is 2. The molecule has 0 bridgehead atoms. The van der Waals surface area contributed by atoms with Gasteiger partial charge in [0.25, 0.3) is 6.01 Å². The zero-order valence-electron chi connectivity index (χ0n) is 14.4. The van der Waals surface area contributed by atoms with Crippen LogP contribution in [-0.2, 0) is 11.8 Å². The van der Waals surface area contributed by atoms with Crippen LogP contribution in [0, 0.1) is 6.92 Å². The summed E-state index contributed by atoms with van der Waals surface area (Å²) < 4.78 is 12.2. The zero-order chi connectivity index (χ0) is 17.7. The van der Waals surface area contributed by atoms with E-state index < -0.39 is 6.09 Å². The Balaban J connectivity index is 2.20. The number of carbonyl (C=O) groups is 1. The number of aromatic nitrogens is 2. The first kappa shape index (κ1) is 18.2. The van der Waals surface area contributed by atoms with Crippen molar-refractivity contribution in [2.24, 2.45) is 12.8 Å². The van der Waals surface area contributed by atoms with Gasteiger partial charge in [0.2, 0.25) is 0 Å². The lowest BCUT2D eigenvalue weighted by Crippen LogP contribution is -2.18. The van der Waals surface area contributed by atoms with Gasteiger partial charge in [0.1, 0.15) is 18.2 Å². The maximum absolute atomic E-state index is 10.6. The van der Waals surface area contributed by atoms with Gasteiger partial charge in [-0.05, 0) is 24.5 Å². The van der Waals surface area contributed by atoms with Gasteiger partial charge < -0.3 is 15.2 Å². The molecule has 130 valence electrons. The fourth-order valence-corrected chi connectivity index (χ4v) is 3.35. The van der Waals surface area contributed by atoms with Crippen LogP contribution in [0.3, 0.4) is 0 Å². The highest BCUT2D eigenvalue weighted by atomic mass is 32.2. The molecule has 2 aromatic rings. The van der Waals surface area contributed by atoms with Crippen LogP contribution in [0.5, 0.6) is 6.01 Å². The van der Waals surface area contributed by atoms with Crippen molar-refractivity contribution in [3.63, 3.8) is 0 Å². The van der Waals surface area contributed by atoms with Crippen LogP contribution in [0.25, 0.3) is 0 Å². The van der Waals surface area contributed by atoms with E-state index in [9.17, 15) is 4.79 Å². The first-order valence-electron chi connectivity index (χ1n) is 7.75. The highest BCUT2D eigenvalue weighted by molar-refractivity contribution is 7.99. The van der Waals surface area contributed by atoms with E-state index in [0.717, 1.165) is 10.7 Å². The van der Waals surface area contributed by atoms with E-state index in [1.54, 1.807) is 11.8 Å². The van der Waals surface area contributed by atoms with Crippen LogP contribution in [0.15, 0.2) is 34.2 Å². The number of primary amides is 1. The Morgan fingerprint density at radius 2 is 2.04 bits per heavy atom. The van der Waals surface area contributed by atoms with E-state index in [-0.39, 0.29) is 19.1 Å². The number of ether oxygens (including phenoxy) is 2. The SMILES string of the molecule is Cc1ccccc1Sc1c(C(C)C)nc(OCCOC(N)=O)n1C. The summed E-state index contributed by atoms with van der Waals surface area (Å²) in [4.78, 5) is 16.4. The Bertz CT molecular complexity index is 713. The molecule has 2 rings (SSSR count). The van der Waals surface area contributed by atoms with Crippen LogP contribution >= 0.6 is 11.8 Å². The van der Waals surface area contributed by atoms with Crippen molar-refractivity contribution in [2.45, 2.75) is 36.6 Å². The van der Waals surface area contributed by atoms with Crippen molar-refractivity contribution in [3.05, 3.63) is 35.5 Å². The number of rotatable bonds is 7. The summed E-state index contributed by atoms with van der Waals surface area (Å²) in [6, 6.07) is 8.74. The minimum absolute atomic E-state index is 0.0967. The molecule has 1 amide bonds. The highest BCUT2D eigenvalue weighted by Gasteiger charge is 2.20. The second-order valence-electron chi connectivity index (χ2n) is 5.68. The number of amides is 1. The predicted molar refractivity (Wildman–Crippen MR) is 93.6 cm³/mol. The van der Waals surface area contributed by atoms with Crippen molar-refractivity contribution in [2.75, 3.05) is 13.2 Å². The molecule has 0 saturated heterocycles. The molecular weight excluding hydrogens is 326 g/mol. The maximum atomic E-state index is 10.6.